The molecule has 1 unspecified atom stereocenters. The predicted octanol–water partition coefficient (Wildman–Crippen LogP) is 3.19. The maximum Gasteiger partial charge on any atom is 0.234 e. The van der Waals surface area contributed by atoms with Crippen molar-refractivity contribution in [3.8, 4) is 0 Å². The number of rotatable bonds is 2. The maximum absolute atomic E-state index is 11.8. The fourth-order valence-electron chi connectivity index (χ4n) is 2.07. The normalized spacial score (nSPS) is 25.2. The van der Waals surface area contributed by atoms with Crippen LogP contribution in [0.2, 0.25) is 0 Å². The highest BCUT2D eigenvalue weighted by molar-refractivity contribution is 9.10. The molecule has 0 radical (unpaired) electrons. The minimum Gasteiger partial charge on any atom is -0.323 e. The molecule has 2 fully saturated rings. The van der Waals surface area contributed by atoms with E-state index in [2.05, 4.69) is 33.0 Å². The van der Waals surface area contributed by atoms with E-state index in [-0.39, 0.29) is 5.37 Å². The van der Waals surface area contributed by atoms with E-state index in [1.807, 2.05) is 12.1 Å². The third-order valence-electron chi connectivity index (χ3n) is 3.00. The summed E-state index contributed by atoms with van der Waals surface area (Å²) in [5, 5.41) is 0.244. The quantitative estimate of drug-likeness (QED) is 0.836. The first-order chi connectivity index (χ1) is 7.75. The van der Waals surface area contributed by atoms with Gasteiger partial charge in [0.05, 0.1) is 5.75 Å². The molecule has 2 nitrogen and oxygen atoms in total. The lowest BCUT2D eigenvalue weighted by molar-refractivity contribution is -0.128. The Labute approximate surface area is 108 Å². The van der Waals surface area contributed by atoms with Crippen LogP contribution in [0.15, 0.2) is 28.7 Å². The molecule has 1 aliphatic carbocycles. The van der Waals surface area contributed by atoms with Gasteiger partial charge < -0.3 is 4.90 Å². The van der Waals surface area contributed by atoms with E-state index in [9.17, 15) is 4.79 Å². The molecule has 1 aromatic rings. The highest BCUT2D eigenvalue weighted by Gasteiger charge is 2.42. The summed E-state index contributed by atoms with van der Waals surface area (Å²) in [4.78, 5) is 13.9. The van der Waals surface area contributed by atoms with Gasteiger partial charge in [-0.1, -0.05) is 28.1 Å². The summed E-state index contributed by atoms with van der Waals surface area (Å²) in [6.45, 7) is 0. The Balaban J connectivity index is 1.88. The van der Waals surface area contributed by atoms with E-state index < -0.39 is 0 Å². The standard InChI is InChI=1S/C12H12BrNOS/c13-9-3-1-8(2-4-9)12-14(10-5-6-10)11(15)7-16-12/h1-4,10,12H,5-7H2. The van der Waals surface area contributed by atoms with Crippen LogP contribution in [0.3, 0.4) is 0 Å². The molecule has 1 amide bonds. The van der Waals surface area contributed by atoms with Gasteiger partial charge in [-0.15, -0.1) is 11.8 Å². The average Bonchev–Trinajstić information content (AvgIpc) is 3.04. The molecule has 0 spiro atoms. The van der Waals surface area contributed by atoms with Crippen molar-refractivity contribution in [2.24, 2.45) is 0 Å². The zero-order valence-corrected chi connectivity index (χ0v) is 11.1. The number of carbonyl (C=O) groups is 1. The van der Waals surface area contributed by atoms with Crippen LogP contribution in [0.4, 0.5) is 0 Å². The number of nitrogens with zero attached hydrogens (tertiary/aromatic N) is 1. The number of benzene rings is 1. The Kier molecular flexibility index (Phi) is 2.72. The zero-order valence-electron chi connectivity index (χ0n) is 8.73. The molecule has 16 heavy (non-hydrogen) atoms. The Bertz CT molecular complexity index is 416. The highest BCUT2D eigenvalue weighted by atomic mass is 79.9. The second-order valence-electron chi connectivity index (χ2n) is 4.25. The maximum atomic E-state index is 11.8. The number of carbonyl (C=O) groups excluding carboxylic acids is 1. The number of thioether (sulfide) groups is 1. The molecule has 1 aromatic carbocycles. The fraction of sp³-hybridized carbons (Fsp3) is 0.417. The molecule has 1 heterocycles. The SMILES string of the molecule is O=C1CSC(c2ccc(Br)cc2)N1C1CC1. The van der Waals surface area contributed by atoms with Crippen LogP contribution in [0.1, 0.15) is 23.8 Å². The van der Waals surface area contributed by atoms with E-state index in [0.717, 1.165) is 4.47 Å². The van der Waals surface area contributed by atoms with E-state index in [1.165, 1.54) is 18.4 Å². The van der Waals surface area contributed by atoms with Crippen LogP contribution in [-0.2, 0) is 4.79 Å². The second-order valence-corrected chi connectivity index (χ2v) is 6.23. The summed E-state index contributed by atoms with van der Waals surface area (Å²) >= 11 is 5.18. The minimum absolute atomic E-state index is 0.244. The molecular weight excluding hydrogens is 286 g/mol. The smallest absolute Gasteiger partial charge is 0.234 e. The lowest BCUT2D eigenvalue weighted by Crippen LogP contribution is -2.30. The first-order valence-electron chi connectivity index (χ1n) is 5.44. The molecule has 3 rings (SSSR count). The monoisotopic (exact) mass is 297 g/mol. The summed E-state index contributed by atoms with van der Waals surface area (Å²) in [5.74, 6) is 0.942. The van der Waals surface area contributed by atoms with Crippen molar-refractivity contribution in [1.82, 2.24) is 4.90 Å². The number of amides is 1. The predicted molar refractivity (Wildman–Crippen MR) is 69.2 cm³/mol. The van der Waals surface area contributed by atoms with Crippen LogP contribution >= 0.6 is 27.7 Å². The van der Waals surface area contributed by atoms with Gasteiger partial charge in [0.2, 0.25) is 5.91 Å². The van der Waals surface area contributed by atoms with E-state index >= 15 is 0 Å². The van der Waals surface area contributed by atoms with Gasteiger partial charge in [-0.25, -0.2) is 0 Å². The topological polar surface area (TPSA) is 20.3 Å². The largest absolute Gasteiger partial charge is 0.323 e. The third kappa shape index (κ3) is 1.89. The van der Waals surface area contributed by atoms with Crippen LogP contribution in [0.5, 0.6) is 0 Å². The Morgan fingerprint density at radius 3 is 2.56 bits per heavy atom. The van der Waals surface area contributed by atoms with Crippen molar-refractivity contribution in [1.29, 1.82) is 0 Å². The molecule has 84 valence electrons. The van der Waals surface area contributed by atoms with Gasteiger partial charge >= 0.3 is 0 Å². The minimum atomic E-state index is 0.244. The van der Waals surface area contributed by atoms with E-state index in [0.29, 0.717) is 17.7 Å². The summed E-state index contributed by atoms with van der Waals surface area (Å²) in [6.07, 6.45) is 2.36. The highest BCUT2D eigenvalue weighted by Crippen LogP contribution is 2.45. The summed E-state index contributed by atoms with van der Waals surface area (Å²) in [7, 11) is 0. The lowest BCUT2D eigenvalue weighted by Gasteiger charge is -2.23. The molecule has 1 saturated carbocycles. The van der Waals surface area contributed by atoms with Crippen LogP contribution in [-0.4, -0.2) is 22.6 Å². The molecular formula is C12H12BrNOS. The van der Waals surface area contributed by atoms with Gasteiger partial charge in [0.15, 0.2) is 0 Å². The van der Waals surface area contributed by atoms with Crippen LogP contribution in [0.25, 0.3) is 0 Å². The first-order valence-corrected chi connectivity index (χ1v) is 7.28. The molecule has 0 aromatic heterocycles. The molecule has 1 aliphatic heterocycles. The Morgan fingerprint density at radius 2 is 1.94 bits per heavy atom. The van der Waals surface area contributed by atoms with Crippen molar-refractivity contribution in [3.05, 3.63) is 34.3 Å². The van der Waals surface area contributed by atoms with Crippen LogP contribution < -0.4 is 0 Å². The average molecular weight is 298 g/mol. The van der Waals surface area contributed by atoms with E-state index in [4.69, 9.17) is 0 Å². The molecule has 1 saturated heterocycles. The van der Waals surface area contributed by atoms with Gasteiger partial charge in [0.1, 0.15) is 5.37 Å². The van der Waals surface area contributed by atoms with Crippen LogP contribution in [0, 0.1) is 0 Å². The van der Waals surface area contributed by atoms with Crippen molar-refractivity contribution >= 4 is 33.6 Å². The van der Waals surface area contributed by atoms with Crippen molar-refractivity contribution in [2.75, 3.05) is 5.75 Å². The lowest BCUT2D eigenvalue weighted by atomic mass is 10.2. The van der Waals surface area contributed by atoms with Gasteiger partial charge in [0.25, 0.3) is 0 Å². The fourth-order valence-corrected chi connectivity index (χ4v) is 3.58. The van der Waals surface area contributed by atoms with Gasteiger partial charge in [-0.2, -0.15) is 0 Å². The second kappa shape index (κ2) is 4.08. The number of hydrogen-bond acceptors (Lipinski definition) is 2. The number of hydrogen-bond donors (Lipinski definition) is 0. The first kappa shape index (κ1) is 10.7. The Morgan fingerprint density at radius 1 is 1.25 bits per heavy atom. The zero-order chi connectivity index (χ0) is 11.1. The van der Waals surface area contributed by atoms with Crippen molar-refractivity contribution < 1.29 is 4.79 Å². The molecule has 1 atom stereocenters. The molecule has 0 bridgehead atoms. The van der Waals surface area contributed by atoms with Crippen molar-refractivity contribution in [3.63, 3.8) is 0 Å². The summed E-state index contributed by atoms with van der Waals surface area (Å²) in [5.41, 5.74) is 1.24. The summed E-state index contributed by atoms with van der Waals surface area (Å²) in [6, 6.07) is 8.81. The van der Waals surface area contributed by atoms with E-state index in [1.54, 1.807) is 11.8 Å². The van der Waals surface area contributed by atoms with Gasteiger partial charge in [-0.3, -0.25) is 4.79 Å². The van der Waals surface area contributed by atoms with Crippen molar-refractivity contribution in [2.45, 2.75) is 24.3 Å². The van der Waals surface area contributed by atoms with Gasteiger partial charge in [0, 0.05) is 10.5 Å². The molecule has 2 aliphatic rings. The molecule has 4 heteroatoms. The summed E-state index contributed by atoms with van der Waals surface area (Å²) < 4.78 is 1.09. The third-order valence-corrected chi connectivity index (χ3v) is 4.76. The molecule has 0 N–H and O–H groups in total. The number of halogens is 1. The van der Waals surface area contributed by atoms with Gasteiger partial charge in [-0.05, 0) is 30.5 Å². The Hall–Kier alpha value is -0.480.